The number of aliphatic hydroxyl groups excluding tert-OH is 2. The molecule has 0 saturated carbocycles. The number of benzene rings is 3. The van der Waals surface area contributed by atoms with E-state index in [4.69, 9.17) is 14.2 Å². The van der Waals surface area contributed by atoms with Crippen molar-refractivity contribution in [3.63, 3.8) is 0 Å². The Labute approximate surface area is 211 Å². The molecule has 1 aliphatic rings. The molecule has 0 aliphatic carbocycles. The van der Waals surface area contributed by atoms with Crippen molar-refractivity contribution in [1.29, 1.82) is 0 Å². The number of amides is 1. The number of rotatable bonds is 8. The minimum atomic E-state index is -1.33. The summed E-state index contributed by atoms with van der Waals surface area (Å²) in [5.74, 6) is 0.103. The van der Waals surface area contributed by atoms with Gasteiger partial charge >= 0.3 is 0 Å². The summed E-state index contributed by atoms with van der Waals surface area (Å²) in [6.07, 6.45) is -3.69. The van der Waals surface area contributed by atoms with Crippen LogP contribution < -0.4 is 10.1 Å². The minimum Gasteiger partial charge on any atom is -0.462 e. The fourth-order valence-corrected chi connectivity index (χ4v) is 4.55. The van der Waals surface area contributed by atoms with Gasteiger partial charge in [-0.2, -0.15) is 0 Å². The molecule has 7 nitrogen and oxygen atoms in total. The van der Waals surface area contributed by atoms with Gasteiger partial charge in [0.1, 0.15) is 24.1 Å². The Hall–Kier alpha value is -3.23. The van der Waals surface area contributed by atoms with Gasteiger partial charge in [-0.05, 0) is 55.2 Å². The summed E-state index contributed by atoms with van der Waals surface area (Å²) in [5.41, 5.74) is 2.32. The van der Waals surface area contributed by atoms with Gasteiger partial charge in [0.25, 0.3) is 5.91 Å². The Bertz CT molecular complexity index is 1150. The van der Waals surface area contributed by atoms with Crippen LogP contribution in [0.2, 0.25) is 0 Å². The lowest BCUT2D eigenvalue weighted by molar-refractivity contribution is -0.305. The van der Waals surface area contributed by atoms with Gasteiger partial charge in [-0.15, -0.1) is 0 Å². The molecular formula is C29H33NO6. The zero-order chi connectivity index (χ0) is 25.7. The monoisotopic (exact) mass is 491 g/mol. The molecule has 1 heterocycles. The predicted octanol–water partition coefficient (Wildman–Crippen LogP) is 3.58. The molecule has 7 heteroatoms. The van der Waals surface area contributed by atoms with Crippen LogP contribution >= 0.6 is 0 Å². The van der Waals surface area contributed by atoms with E-state index in [9.17, 15) is 15.0 Å². The number of carbonyl (C=O) groups excluding carboxylic acids is 1. The van der Waals surface area contributed by atoms with Crippen LogP contribution in [0.5, 0.6) is 5.75 Å². The van der Waals surface area contributed by atoms with E-state index in [1.807, 2.05) is 66.7 Å². The zero-order valence-electron chi connectivity index (χ0n) is 20.8. The van der Waals surface area contributed by atoms with Crippen LogP contribution in [0.4, 0.5) is 0 Å². The van der Waals surface area contributed by atoms with Gasteiger partial charge in [0.2, 0.25) is 6.29 Å². The van der Waals surface area contributed by atoms with Crippen LogP contribution in [-0.4, -0.2) is 60.0 Å². The number of hydrogen-bond acceptors (Lipinski definition) is 6. The number of nitrogens with one attached hydrogen (secondary N) is 1. The highest BCUT2D eigenvalue weighted by atomic mass is 16.7. The zero-order valence-corrected chi connectivity index (χ0v) is 20.8. The van der Waals surface area contributed by atoms with Crippen LogP contribution in [0.15, 0.2) is 78.9 Å². The molecule has 3 aromatic rings. The SMILES string of the molecule is CO[C@@H]1[C@@H](O)[C@@H](O)[C@H](Oc2ccc(-c3ccccc3)c(C(=O)NCCc3ccccc3)c2)OC1(C)C. The maximum Gasteiger partial charge on any atom is 0.252 e. The summed E-state index contributed by atoms with van der Waals surface area (Å²) < 4.78 is 17.2. The fraction of sp³-hybridized carbons (Fsp3) is 0.345. The summed E-state index contributed by atoms with van der Waals surface area (Å²) in [6, 6.07) is 24.8. The first-order chi connectivity index (χ1) is 17.3. The Kier molecular flexibility index (Phi) is 8.06. The highest BCUT2D eigenvalue weighted by Gasteiger charge is 2.50. The molecule has 1 amide bonds. The van der Waals surface area contributed by atoms with Crippen LogP contribution in [0.1, 0.15) is 29.8 Å². The summed E-state index contributed by atoms with van der Waals surface area (Å²) in [6.45, 7) is 4.00. The lowest BCUT2D eigenvalue weighted by atomic mass is 9.89. The molecule has 0 unspecified atom stereocenters. The maximum atomic E-state index is 13.3. The van der Waals surface area contributed by atoms with Crippen molar-refractivity contribution in [2.75, 3.05) is 13.7 Å². The number of methoxy groups -OCH3 is 1. The van der Waals surface area contributed by atoms with Gasteiger partial charge in [-0.3, -0.25) is 4.79 Å². The minimum absolute atomic E-state index is 0.236. The van der Waals surface area contributed by atoms with Gasteiger partial charge in [0, 0.05) is 13.7 Å². The van der Waals surface area contributed by atoms with E-state index in [0.717, 1.165) is 16.7 Å². The predicted molar refractivity (Wildman–Crippen MR) is 137 cm³/mol. The van der Waals surface area contributed by atoms with E-state index in [1.54, 1.807) is 26.0 Å². The van der Waals surface area contributed by atoms with Crippen LogP contribution in [0.3, 0.4) is 0 Å². The number of aliphatic hydroxyl groups is 2. The topological polar surface area (TPSA) is 97.3 Å². The summed E-state index contributed by atoms with van der Waals surface area (Å²) in [4.78, 5) is 13.3. The first-order valence-corrected chi connectivity index (χ1v) is 12.0. The van der Waals surface area contributed by atoms with Crippen molar-refractivity contribution < 1.29 is 29.2 Å². The summed E-state index contributed by atoms with van der Waals surface area (Å²) >= 11 is 0. The maximum absolute atomic E-state index is 13.3. The van der Waals surface area contributed by atoms with Crippen molar-refractivity contribution >= 4 is 5.91 Å². The van der Waals surface area contributed by atoms with E-state index in [2.05, 4.69) is 5.32 Å². The average Bonchev–Trinajstić information content (AvgIpc) is 2.88. The highest BCUT2D eigenvalue weighted by Crippen LogP contribution is 2.34. The molecule has 4 rings (SSSR count). The Balaban J connectivity index is 1.56. The highest BCUT2D eigenvalue weighted by molar-refractivity contribution is 6.01. The molecule has 0 spiro atoms. The number of carbonyl (C=O) groups is 1. The Morgan fingerprint density at radius 3 is 2.31 bits per heavy atom. The first kappa shape index (κ1) is 25.9. The van der Waals surface area contributed by atoms with Crippen molar-refractivity contribution in [1.82, 2.24) is 5.32 Å². The van der Waals surface area contributed by atoms with E-state index in [1.165, 1.54) is 7.11 Å². The van der Waals surface area contributed by atoms with Gasteiger partial charge in [-0.25, -0.2) is 0 Å². The third kappa shape index (κ3) is 5.77. The third-order valence-electron chi connectivity index (χ3n) is 6.41. The summed E-state index contributed by atoms with van der Waals surface area (Å²) in [5, 5.41) is 24.2. The van der Waals surface area contributed by atoms with Gasteiger partial charge in [0.05, 0.1) is 11.2 Å². The van der Waals surface area contributed by atoms with E-state index >= 15 is 0 Å². The first-order valence-electron chi connectivity index (χ1n) is 12.0. The molecule has 4 atom stereocenters. The normalized spacial score (nSPS) is 23.1. The molecular weight excluding hydrogens is 458 g/mol. The smallest absolute Gasteiger partial charge is 0.252 e. The van der Waals surface area contributed by atoms with Crippen molar-refractivity contribution in [2.45, 2.75) is 50.5 Å². The van der Waals surface area contributed by atoms with E-state index < -0.39 is 30.2 Å². The number of ether oxygens (including phenoxy) is 3. The summed E-state index contributed by atoms with van der Waals surface area (Å²) in [7, 11) is 1.46. The van der Waals surface area contributed by atoms with Crippen LogP contribution in [-0.2, 0) is 15.9 Å². The van der Waals surface area contributed by atoms with Gasteiger partial charge < -0.3 is 29.7 Å². The van der Waals surface area contributed by atoms with Crippen LogP contribution in [0, 0.1) is 0 Å². The lowest BCUT2D eigenvalue weighted by Gasteiger charge is -2.46. The molecule has 0 aromatic heterocycles. The quantitative estimate of drug-likeness (QED) is 0.446. The second kappa shape index (κ2) is 11.2. The molecule has 1 fully saturated rings. The fourth-order valence-electron chi connectivity index (χ4n) is 4.55. The molecule has 0 radical (unpaired) electrons. The standard InChI is InChI=1S/C29H33NO6/c1-29(2)26(34-3)24(31)25(32)28(36-29)35-21-14-15-22(20-12-8-5-9-13-20)23(18-21)27(33)30-17-16-19-10-6-4-7-11-19/h4-15,18,24-26,28,31-32H,16-17H2,1-3H3,(H,30,33)/t24-,25+,26+,28+/m0/s1. The van der Waals surface area contributed by atoms with E-state index in [0.29, 0.717) is 24.3 Å². The largest absolute Gasteiger partial charge is 0.462 e. The molecule has 3 aromatic carbocycles. The third-order valence-corrected chi connectivity index (χ3v) is 6.41. The van der Waals surface area contributed by atoms with Gasteiger partial charge in [-0.1, -0.05) is 60.7 Å². The molecule has 0 bridgehead atoms. The second-order valence-electron chi connectivity index (χ2n) is 9.41. The molecule has 1 saturated heterocycles. The number of hydrogen-bond donors (Lipinski definition) is 3. The molecule has 190 valence electrons. The van der Waals surface area contributed by atoms with Crippen LogP contribution in [0.25, 0.3) is 11.1 Å². The Morgan fingerprint density at radius 1 is 0.972 bits per heavy atom. The Morgan fingerprint density at radius 2 is 1.64 bits per heavy atom. The van der Waals surface area contributed by atoms with Crippen molar-refractivity contribution in [3.05, 3.63) is 90.0 Å². The molecule has 3 N–H and O–H groups in total. The van der Waals surface area contributed by atoms with E-state index in [-0.39, 0.29) is 5.91 Å². The second-order valence-corrected chi connectivity index (χ2v) is 9.41. The lowest BCUT2D eigenvalue weighted by Crippen LogP contribution is -2.63. The van der Waals surface area contributed by atoms with Gasteiger partial charge in [0.15, 0.2) is 0 Å². The average molecular weight is 492 g/mol. The van der Waals surface area contributed by atoms with Crippen molar-refractivity contribution in [3.8, 4) is 16.9 Å². The molecule has 1 aliphatic heterocycles. The van der Waals surface area contributed by atoms with Crippen molar-refractivity contribution in [2.24, 2.45) is 0 Å². The molecule has 36 heavy (non-hydrogen) atoms.